The fourth-order valence-corrected chi connectivity index (χ4v) is 2.62. The summed E-state index contributed by atoms with van der Waals surface area (Å²) in [5.41, 5.74) is 0.788. The van der Waals surface area contributed by atoms with Crippen LogP contribution >= 0.6 is 0 Å². The van der Waals surface area contributed by atoms with Gasteiger partial charge in [0.2, 0.25) is 0 Å². The molecule has 0 saturated carbocycles. The number of hydrogen-bond donors (Lipinski definition) is 1. The lowest BCUT2D eigenvalue weighted by Crippen LogP contribution is -2.41. The topological polar surface area (TPSA) is 39.1 Å². The Labute approximate surface area is 126 Å². The molecule has 1 aliphatic rings. The SMILES string of the molecule is N#Cc1cc(F)ccc1NCC1CCN(CC(F)(F)F)CC1. The number of nitrogens with zero attached hydrogens (tertiary/aromatic N) is 2. The van der Waals surface area contributed by atoms with Gasteiger partial charge in [-0.15, -0.1) is 0 Å². The number of alkyl halides is 3. The highest BCUT2D eigenvalue weighted by atomic mass is 19.4. The zero-order valence-electron chi connectivity index (χ0n) is 12.0. The molecule has 0 bridgehead atoms. The molecule has 1 aromatic carbocycles. The molecule has 1 aromatic rings. The van der Waals surface area contributed by atoms with E-state index in [2.05, 4.69) is 5.32 Å². The third-order valence-electron chi connectivity index (χ3n) is 3.79. The van der Waals surface area contributed by atoms with Crippen molar-refractivity contribution in [1.82, 2.24) is 4.90 Å². The van der Waals surface area contributed by atoms with E-state index in [1.54, 1.807) is 0 Å². The highest BCUT2D eigenvalue weighted by Crippen LogP contribution is 2.23. The molecule has 1 N–H and O–H groups in total. The number of anilines is 1. The summed E-state index contributed by atoms with van der Waals surface area (Å²) < 4.78 is 50.0. The molecule has 0 unspecified atom stereocenters. The first kappa shape index (κ1) is 16.6. The molecule has 1 saturated heterocycles. The van der Waals surface area contributed by atoms with Crippen LogP contribution in [-0.2, 0) is 0 Å². The summed E-state index contributed by atoms with van der Waals surface area (Å²) in [5, 5.41) is 12.0. The Morgan fingerprint density at radius 1 is 1.27 bits per heavy atom. The van der Waals surface area contributed by atoms with Crippen LogP contribution in [0, 0.1) is 23.1 Å². The largest absolute Gasteiger partial charge is 0.401 e. The number of nitrogens with one attached hydrogen (secondary N) is 1. The van der Waals surface area contributed by atoms with Crippen LogP contribution in [0.5, 0.6) is 0 Å². The molecule has 3 nitrogen and oxygen atoms in total. The summed E-state index contributed by atoms with van der Waals surface area (Å²) in [4.78, 5) is 1.41. The minimum Gasteiger partial charge on any atom is -0.384 e. The first-order chi connectivity index (χ1) is 10.4. The Morgan fingerprint density at radius 3 is 2.55 bits per heavy atom. The summed E-state index contributed by atoms with van der Waals surface area (Å²) in [6, 6.07) is 5.86. The van der Waals surface area contributed by atoms with Gasteiger partial charge < -0.3 is 5.32 Å². The number of benzene rings is 1. The lowest BCUT2D eigenvalue weighted by atomic mass is 9.96. The van der Waals surface area contributed by atoms with Crippen LogP contribution in [0.1, 0.15) is 18.4 Å². The Hall–Kier alpha value is -1.81. The lowest BCUT2D eigenvalue weighted by molar-refractivity contribution is -0.148. The molecule has 0 aliphatic carbocycles. The van der Waals surface area contributed by atoms with Crippen LogP contribution < -0.4 is 5.32 Å². The van der Waals surface area contributed by atoms with Crippen LogP contribution in [0.3, 0.4) is 0 Å². The second-order valence-electron chi connectivity index (χ2n) is 5.52. The Morgan fingerprint density at radius 2 is 1.95 bits per heavy atom. The predicted molar refractivity (Wildman–Crippen MR) is 74.8 cm³/mol. The maximum absolute atomic E-state index is 13.0. The van der Waals surface area contributed by atoms with E-state index in [-0.39, 0.29) is 11.5 Å². The second kappa shape index (κ2) is 6.97. The molecule has 2 rings (SSSR count). The summed E-state index contributed by atoms with van der Waals surface area (Å²) in [6.45, 7) is 0.546. The summed E-state index contributed by atoms with van der Waals surface area (Å²) in [7, 11) is 0. The second-order valence-corrected chi connectivity index (χ2v) is 5.52. The minimum absolute atomic E-state index is 0.231. The molecule has 7 heteroatoms. The Kier molecular flexibility index (Phi) is 5.24. The fraction of sp³-hybridized carbons (Fsp3) is 0.533. The maximum atomic E-state index is 13.0. The molecule has 0 radical (unpaired) electrons. The van der Waals surface area contributed by atoms with Crippen molar-refractivity contribution in [2.45, 2.75) is 19.0 Å². The van der Waals surface area contributed by atoms with Gasteiger partial charge in [-0.2, -0.15) is 18.4 Å². The van der Waals surface area contributed by atoms with Gasteiger partial charge in [-0.3, -0.25) is 4.90 Å². The standard InChI is InChI=1S/C15H17F4N3/c16-13-1-2-14(12(7-13)8-20)21-9-11-3-5-22(6-4-11)10-15(17,18)19/h1-2,7,11,21H,3-6,9-10H2. The van der Waals surface area contributed by atoms with Crippen molar-refractivity contribution in [3.05, 3.63) is 29.6 Å². The molecule has 120 valence electrons. The number of likely N-dealkylation sites (tertiary alicyclic amines) is 1. The molecule has 1 heterocycles. The van der Waals surface area contributed by atoms with E-state index in [4.69, 9.17) is 5.26 Å². The van der Waals surface area contributed by atoms with E-state index in [9.17, 15) is 17.6 Å². The maximum Gasteiger partial charge on any atom is 0.401 e. The summed E-state index contributed by atoms with van der Waals surface area (Å²) in [5.74, 6) is -0.219. The molecule has 0 amide bonds. The van der Waals surface area contributed by atoms with E-state index < -0.39 is 18.5 Å². The zero-order valence-corrected chi connectivity index (χ0v) is 12.0. The van der Waals surface area contributed by atoms with E-state index in [0.29, 0.717) is 38.2 Å². The van der Waals surface area contributed by atoms with E-state index in [1.807, 2.05) is 6.07 Å². The van der Waals surface area contributed by atoms with Gasteiger partial charge in [0.15, 0.2) is 0 Å². The Balaban J connectivity index is 1.81. The van der Waals surface area contributed by atoms with Gasteiger partial charge in [-0.25, -0.2) is 4.39 Å². The van der Waals surface area contributed by atoms with Crippen molar-refractivity contribution in [2.24, 2.45) is 5.92 Å². The van der Waals surface area contributed by atoms with E-state index >= 15 is 0 Å². The highest BCUT2D eigenvalue weighted by Gasteiger charge is 2.32. The number of halogens is 4. The minimum atomic E-state index is -4.15. The molecular weight excluding hydrogens is 298 g/mol. The zero-order chi connectivity index (χ0) is 16.2. The third-order valence-corrected chi connectivity index (χ3v) is 3.79. The smallest absolute Gasteiger partial charge is 0.384 e. The van der Waals surface area contributed by atoms with Crippen LogP contribution in [0.4, 0.5) is 23.2 Å². The van der Waals surface area contributed by atoms with Crippen molar-refractivity contribution in [2.75, 3.05) is 31.5 Å². The van der Waals surface area contributed by atoms with Gasteiger partial charge in [0, 0.05) is 6.54 Å². The monoisotopic (exact) mass is 315 g/mol. The molecule has 0 spiro atoms. The third kappa shape index (κ3) is 4.88. The number of nitriles is 1. The van der Waals surface area contributed by atoms with E-state index in [1.165, 1.54) is 17.0 Å². The summed E-state index contributed by atoms with van der Waals surface area (Å²) >= 11 is 0. The number of hydrogen-bond acceptors (Lipinski definition) is 3. The van der Waals surface area contributed by atoms with Gasteiger partial charge in [-0.05, 0) is 50.0 Å². The van der Waals surface area contributed by atoms with E-state index in [0.717, 1.165) is 6.07 Å². The average molecular weight is 315 g/mol. The molecular formula is C15H17F4N3. The van der Waals surface area contributed by atoms with Crippen molar-refractivity contribution < 1.29 is 17.6 Å². The van der Waals surface area contributed by atoms with Crippen LogP contribution in [0.2, 0.25) is 0 Å². The normalized spacial score (nSPS) is 17.2. The molecule has 0 aromatic heterocycles. The van der Waals surface area contributed by atoms with Crippen LogP contribution in [-0.4, -0.2) is 37.3 Å². The molecule has 1 fully saturated rings. The van der Waals surface area contributed by atoms with Crippen molar-refractivity contribution in [1.29, 1.82) is 5.26 Å². The van der Waals surface area contributed by atoms with Gasteiger partial charge in [0.05, 0.1) is 17.8 Å². The lowest BCUT2D eigenvalue weighted by Gasteiger charge is -2.32. The van der Waals surface area contributed by atoms with Gasteiger partial charge >= 0.3 is 6.18 Å². The first-order valence-electron chi connectivity index (χ1n) is 7.10. The van der Waals surface area contributed by atoms with Crippen molar-refractivity contribution in [3.8, 4) is 6.07 Å². The highest BCUT2D eigenvalue weighted by molar-refractivity contribution is 5.57. The van der Waals surface area contributed by atoms with Crippen molar-refractivity contribution in [3.63, 3.8) is 0 Å². The van der Waals surface area contributed by atoms with Crippen molar-refractivity contribution >= 4 is 5.69 Å². The van der Waals surface area contributed by atoms with Gasteiger partial charge in [-0.1, -0.05) is 0 Å². The fourth-order valence-electron chi connectivity index (χ4n) is 2.62. The number of rotatable bonds is 4. The predicted octanol–water partition coefficient (Wildman–Crippen LogP) is 3.38. The number of piperidine rings is 1. The first-order valence-corrected chi connectivity index (χ1v) is 7.10. The quantitative estimate of drug-likeness (QED) is 0.866. The molecule has 1 aliphatic heterocycles. The van der Waals surface area contributed by atoms with Gasteiger partial charge in [0.25, 0.3) is 0 Å². The molecule has 22 heavy (non-hydrogen) atoms. The van der Waals surface area contributed by atoms with Gasteiger partial charge in [0.1, 0.15) is 11.9 Å². The average Bonchev–Trinajstić information content (AvgIpc) is 2.45. The summed E-state index contributed by atoms with van der Waals surface area (Å²) in [6.07, 6.45) is -2.81. The van der Waals surface area contributed by atoms with Crippen LogP contribution in [0.15, 0.2) is 18.2 Å². The molecule has 0 atom stereocenters. The van der Waals surface area contributed by atoms with Crippen LogP contribution in [0.25, 0.3) is 0 Å². The Bertz CT molecular complexity index is 543.